The van der Waals surface area contributed by atoms with Crippen molar-refractivity contribution >= 4 is 40.7 Å². The van der Waals surface area contributed by atoms with Gasteiger partial charge in [0.2, 0.25) is 5.79 Å². The maximum Gasteiger partial charge on any atom is 0.412 e. The Labute approximate surface area is 287 Å². The maximum absolute atomic E-state index is 13.4. The molecular formula is C38H44BrNO6Si. The van der Waals surface area contributed by atoms with E-state index in [-0.39, 0.29) is 16.5 Å². The molecule has 0 radical (unpaired) electrons. The molecule has 7 nitrogen and oxygen atoms in total. The number of benzene rings is 3. The second-order valence-corrected chi connectivity index (χ2v) is 18.8. The summed E-state index contributed by atoms with van der Waals surface area (Å²) in [5.41, 5.74) is 0.0511. The fourth-order valence-electron chi connectivity index (χ4n) is 6.78. The van der Waals surface area contributed by atoms with Crippen molar-refractivity contribution < 1.29 is 28.2 Å². The zero-order valence-electron chi connectivity index (χ0n) is 27.3. The van der Waals surface area contributed by atoms with Crippen LogP contribution in [-0.4, -0.2) is 68.1 Å². The Hall–Kier alpha value is -3.05. The molecule has 0 bridgehead atoms. The van der Waals surface area contributed by atoms with Crippen LogP contribution in [0.1, 0.15) is 39.2 Å². The van der Waals surface area contributed by atoms with Gasteiger partial charge in [-0.15, -0.1) is 0 Å². The number of hydrogen-bond donors (Lipinski definition) is 0. The smallest absolute Gasteiger partial charge is 0.412 e. The van der Waals surface area contributed by atoms with Gasteiger partial charge in [-0.25, -0.2) is 4.79 Å². The molecule has 3 aliphatic rings. The van der Waals surface area contributed by atoms with Crippen molar-refractivity contribution in [1.29, 1.82) is 0 Å². The van der Waals surface area contributed by atoms with Crippen LogP contribution in [0, 0.1) is 0 Å². The summed E-state index contributed by atoms with van der Waals surface area (Å²) in [6, 6.07) is 31.0. The topological polar surface area (TPSA) is 66.5 Å². The highest BCUT2D eigenvalue weighted by molar-refractivity contribution is 9.09. The van der Waals surface area contributed by atoms with Gasteiger partial charge in [-0.2, -0.15) is 0 Å². The minimum atomic E-state index is -2.78. The number of carbonyl (C=O) groups is 1. The predicted molar refractivity (Wildman–Crippen MR) is 189 cm³/mol. The van der Waals surface area contributed by atoms with Crippen LogP contribution in [0.4, 0.5) is 4.79 Å². The molecule has 2 saturated heterocycles. The summed E-state index contributed by atoms with van der Waals surface area (Å²) in [5.74, 6) is -0.899. The molecule has 248 valence electrons. The summed E-state index contributed by atoms with van der Waals surface area (Å²) in [5, 5.41) is 2.28. The lowest BCUT2D eigenvalue weighted by atomic mass is 9.92. The molecule has 2 atom stereocenters. The predicted octanol–water partition coefficient (Wildman–Crippen LogP) is 6.71. The number of amides is 1. The van der Waals surface area contributed by atoms with E-state index in [0.29, 0.717) is 32.8 Å². The molecule has 0 saturated carbocycles. The highest BCUT2D eigenvalue weighted by Crippen LogP contribution is 2.40. The lowest BCUT2D eigenvalue weighted by Gasteiger charge is -2.44. The average molecular weight is 719 g/mol. The molecule has 9 heteroatoms. The van der Waals surface area contributed by atoms with Crippen molar-refractivity contribution in [3.8, 4) is 0 Å². The summed E-state index contributed by atoms with van der Waals surface area (Å²) < 4.78 is 31.9. The van der Waals surface area contributed by atoms with Gasteiger partial charge in [0.25, 0.3) is 8.32 Å². The van der Waals surface area contributed by atoms with Crippen LogP contribution in [0.3, 0.4) is 0 Å². The highest BCUT2D eigenvalue weighted by atomic mass is 79.9. The van der Waals surface area contributed by atoms with Crippen LogP contribution in [-0.2, 0) is 30.0 Å². The number of hydrogen-bond acceptors (Lipinski definition) is 6. The van der Waals surface area contributed by atoms with Crippen LogP contribution in [0.2, 0.25) is 5.04 Å². The minimum absolute atomic E-state index is 0.0714. The molecule has 2 fully saturated rings. The molecule has 0 aromatic heterocycles. The third kappa shape index (κ3) is 7.21. The van der Waals surface area contributed by atoms with E-state index in [4.69, 9.17) is 23.4 Å². The van der Waals surface area contributed by atoms with E-state index in [9.17, 15) is 4.79 Å². The van der Waals surface area contributed by atoms with E-state index in [0.717, 1.165) is 12.0 Å². The van der Waals surface area contributed by atoms with Crippen LogP contribution in [0.25, 0.3) is 0 Å². The quantitative estimate of drug-likeness (QED) is 0.132. The first-order chi connectivity index (χ1) is 22.7. The highest BCUT2D eigenvalue weighted by Gasteiger charge is 2.51. The van der Waals surface area contributed by atoms with Gasteiger partial charge in [-0.1, -0.05) is 128 Å². The van der Waals surface area contributed by atoms with Gasteiger partial charge >= 0.3 is 6.09 Å². The molecule has 2 unspecified atom stereocenters. The number of rotatable bonds is 10. The van der Waals surface area contributed by atoms with E-state index in [1.807, 2.05) is 54.6 Å². The van der Waals surface area contributed by atoms with Crippen LogP contribution in [0.15, 0.2) is 115 Å². The first-order valence-electron chi connectivity index (χ1n) is 16.4. The fourth-order valence-corrected chi connectivity index (χ4v) is 11.9. The molecule has 3 aromatic rings. The number of carbonyl (C=O) groups excluding carboxylic acids is 1. The second-order valence-electron chi connectivity index (χ2n) is 13.3. The summed E-state index contributed by atoms with van der Waals surface area (Å²) in [7, 11) is -2.78. The van der Waals surface area contributed by atoms with Crippen LogP contribution < -0.4 is 10.4 Å². The lowest BCUT2D eigenvalue weighted by Crippen LogP contribution is -2.66. The molecule has 2 aliphatic heterocycles. The maximum atomic E-state index is 13.4. The molecule has 1 amide bonds. The Balaban J connectivity index is 1.27. The molecule has 3 aromatic carbocycles. The Morgan fingerprint density at radius 3 is 1.98 bits per heavy atom. The van der Waals surface area contributed by atoms with Gasteiger partial charge in [-0.05, 0) is 51.7 Å². The van der Waals surface area contributed by atoms with Gasteiger partial charge < -0.3 is 23.4 Å². The first-order valence-corrected chi connectivity index (χ1v) is 19.2. The zero-order valence-corrected chi connectivity index (χ0v) is 29.9. The molecular weight excluding hydrogens is 674 g/mol. The van der Waals surface area contributed by atoms with Gasteiger partial charge in [0.05, 0.1) is 18.0 Å². The van der Waals surface area contributed by atoms with E-state index in [2.05, 4.69) is 97.4 Å². The summed E-state index contributed by atoms with van der Waals surface area (Å²) in [6.07, 6.45) is 8.18. The molecule has 6 rings (SSSR count). The largest absolute Gasteiger partial charge is 0.444 e. The van der Waals surface area contributed by atoms with Crippen LogP contribution >= 0.6 is 15.9 Å². The Bertz CT molecular complexity index is 1480. The Morgan fingerprint density at radius 1 is 0.872 bits per heavy atom. The van der Waals surface area contributed by atoms with Gasteiger partial charge in [-0.3, -0.25) is 4.90 Å². The normalized spacial score (nSPS) is 21.7. The number of ether oxygens (including phenoxy) is 4. The SMILES string of the molecule is CC(C)(C)[Si](OCCC1(OC2C(Br)CCN2C(=O)OCc2ccccc2)C=CC2(C=C1)OCCO2)(c1ccccc1)c1ccccc1. The van der Waals surface area contributed by atoms with Crippen molar-refractivity contribution in [2.75, 3.05) is 26.4 Å². The first kappa shape index (κ1) is 33.8. The van der Waals surface area contributed by atoms with Crippen molar-refractivity contribution in [3.63, 3.8) is 0 Å². The third-order valence-electron chi connectivity index (χ3n) is 9.20. The van der Waals surface area contributed by atoms with E-state index < -0.39 is 32.0 Å². The zero-order chi connectivity index (χ0) is 33.0. The summed E-state index contributed by atoms with van der Waals surface area (Å²) >= 11 is 3.81. The molecule has 0 N–H and O–H groups in total. The lowest BCUT2D eigenvalue weighted by molar-refractivity contribution is -0.108. The average Bonchev–Trinajstić information content (AvgIpc) is 3.70. The van der Waals surface area contributed by atoms with Crippen molar-refractivity contribution in [1.82, 2.24) is 4.90 Å². The summed E-state index contributed by atoms with van der Waals surface area (Å²) in [4.78, 5) is 15.0. The van der Waals surface area contributed by atoms with Crippen LogP contribution in [0.5, 0.6) is 0 Å². The summed E-state index contributed by atoms with van der Waals surface area (Å²) in [6.45, 7) is 9.01. The Kier molecular flexibility index (Phi) is 10.2. The molecule has 1 aliphatic carbocycles. The monoisotopic (exact) mass is 717 g/mol. The van der Waals surface area contributed by atoms with E-state index >= 15 is 0 Å². The standard InChI is InChI=1S/C38H44BrNO6Si/c1-36(2,3)47(31-15-9-5-10-16-31,32-17-11-6-12-18-32)45-26-24-37(20-22-38(23-21-37)43-27-28-44-38)46-34-33(39)19-25-40(34)35(41)42-29-30-13-7-4-8-14-30/h4-18,20-23,33-34H,19,24-29H2,1-3H3. The van der Waals surface area contributed by atoms with E-state index in [1.165, 1.54) is 10.4 Å². The van der Waals surface area contributed by atoms with Gasteiger partial charge in [0.15, 0.2) is 0 Å². The molecule has 2 heterocycles. The van der Waals surface area contributed by atoms with E-state index in [1.54, 1.807) is 4.90 Å². The molecule has 1 spiro atoms. The van der Waals surface area contributed by atoms with Crippen molar-refractivity contribution in [2.45, 2.75) is 67.7 Å². The van der Waals surface area contributed by atoms with Gasteiger partial charge in [0, 0.05) is 19.6 Å². The number of nitrogens with zero attached hydrogens (tertiary/aromatic N) is 1. The third-order valence-corrected chi connectivity index (χ3v) is 15.2. The fraction of sp³-hybridized carbons (Fsp3) is 0.395. The Morgan fingerprint density at radius 2 is 1.43 bits per heavy atom. The number of likely N-dealkylation sites (tertiary alicyclic amines) is 1. The minimum Gasteiger partial charge on any atom is -0.444 e. The second kappa shape index (κ2) is 14.2. The van der Waals surface area contributed by atoms with Crippen molar-refractivity contribution in [3.05, 3.63) is 121 Å². The number of alkyl halides is 1. The van der Waals surface area contributed by atoms with Crippen molar-refractivity contribution in [2.24, 2.45) is 0 Å². The molecule has 47 heavy (non-hydrogen) atoms. The number of halogens is 1. The van der Waals surface area contributed by atoms with Gasteiger partial charge in [0.1, 0.15) is 18.4 Å².